The molecule has 2 rings (SSSR count). The van der Waals surface area contributed by atoms with Crippen molar-refractivity contribution in [2.24, 2.45) is 0 Å². The maximum atomic E-state index is 12.3. The Bertz CT molecular complexity index is 258. The zero-order chi connectivity index (χ0) is 12.8. The smallest absolute Gasteiger partial charge is 0.224 e. The molecule has 0 aromatic rings. The molecule has 2 aliphatic rings. The summed E-state index contributed by atoms with van der Waals surface area (Å²) in [6.07, 6.45) is 5.55. The van der Waals surface area contributed by atoms with Gasteiger partial charge in [-0.1, -0.05) is 0 Å². The number of hydrogen-bond acceptors (Lipinski definition) is 3. The van der Waals surface area contributed by atoms with Crippen LogP contribution in [0.3, 0.4) is 0 Å². The predicted octanol–water partition coefficient (Wildman–Crippen LogP) is 1.07. The lowest BCUT2D eigenvalue weighted by Gasteiger charge is -2.34. The van der Waals surface area contributed by atoms with E-state index in [1.54, 1.807) is 0 Å². The van der Waals surface area contributed by atoms with Crippen molar-refractivity contribution in [3.05, 3.63) is 0 Å². The summed E-state index contributed by atoms with van der Waals surface area (Å²) in [5.74, 6) is 0.358. The van der Waals surface area contributed by atoms with Gasteiger partial charge in [-0.05, 0) is 58.8 Å². The molecule has 2 heterocycles. The number of hydrogen-bond donors (Lipinski definition) is 1. The van der Waals surface area contributed by atoms with E-state index in [4.69, 9.17) is 0 Å². The third-order valence-corrected chi connectivity index (χ3v) is 4.25. The van der Waals surface area contributed by atoms with Crippen molar-refractivity contribution < 1.29 is 4.79 Å². The van der Waals surface area contributed by atoms with Crippen LogP contribution in [0.5, 0.6) is 0 Å². The van der Waals surface area contributed by atoms with Crippen LogP contribution in [-0.2, 0) is 4.79 Å². The number of nitrogens with one attached hydrogen (secondary N) is 1. The van der Waals surface area contributed by atoms with Gasteiger partial charge in [0.25, 0.3) is 0 Å². The minimum absolute atomic E-state index is 0.358. The number of amides is 1. The topological polar surface area (TPSA) is 35.6 Å². The minimum Gasteiger partial charge on any atom is -0.340 e. The van der Waals surface area contributed by atoms with Gasteiger partial charge in [-0.2, -0.15) is 0 Å². The molecule has 0 unspecified atom stereocenters. The first-order valence-corrected chi connectivity index (χ1v) is 7.54. The van der Waals surface area contributed by atoms with Crippen LogP contribution >= 0.6 is 0 Å². The molecule has 2 saturated heterocycles. The normalized spacial score (nSPS) is 22.3. The monoisotopic (exact) mass is 253 g/mol. The van der Waals surface area contributed by atoms with Crippen molar-refractivity contribution in [2.75, 3.05) is 39.3 Å². The Morgan fingerprint density at radius 1 is 1.28 bits per heavy atom. The summed E-state index contributed by atoms with van der Waals surface area (Å²) in [7, 11) is 0. The SMILES string of the molecule is CCN(C(=O)CCN1CCCC1)C1CCNCC1. The van der Waals surface area contributed by atoms with Crippen LogP contribution in [0.4, 0.5) is 0 Å². The first-order valence-electron chi connectivity index (χ1n) is 7.54. The fourth-order valence-electron chi connectivity index (χ4n) is 3.16. The number of rotatable bonds is 5. The van der Waals surface area contributed by atoms with Gasteiger partial charge in [0.05, 0.1) is 0 Å². The number of likely N-dealkylation sites (tertiary alicyclic amines) is 1. The average Bonchev–Trinajstić information content (AvgIpc) is 2.92. The third-order valence-electron chi connectivity index (χ3n) is 4.25. The maximum absolute atomic E-state index is 12.3. The van der Waals surface area contributed by atoms with Crippen molar-refractivity contribution in [3.63, 3.8) is 0 Å². The number of carbonyl (C=O) groups excluding carboxylic acids is 1. The first-order chi connectivity index (χ1) is 8.81. The summed E-state index contributed by atoms with van der Waals surface area (Å²) in [6.45, 7) is 8.42. The van der Waals surface area contributed by atoms with Crippen LogP contribution in [0.1, 0.15) is 39.0 Å². The van der Waals surface area contributed by atoms with Gasteiger partial charge in [-0.3, -0.25) is 4.79 Å². The van der Waals surface area contributed by atoms with Crippen molar-refractivity contribution in [3.8, 4) is 0 Å². The highest BCUT2D eigenvalue weighted by atomic mass is 16.2. The van der Waals surface area contributed by atoms with Crippen LogP contribution in [0.2, 0.25) is 0 Å². The van der Waals surface area contributed by atoms with Crippen LogP contribution in [0.15, 0.2) is 0 Å². The number of piperidine rings is 1. The van der Waals surface area contributed by atoms with E-state index in [2.05, 4.69) is 22.0 Å². The van der Waals surface area contributed by atoms with Crippen molar-refractivity contribution in [1.82, 2.24) is 15.1 Å². The van der Waals surface area contributed by atoms with Crippen molar-refractivity contribution in [2.45, 2.75) is 45.1 Å². The molecule has 0 aliphatic carbocycles. The summed E-state index contributed by atoms with van der Waals surface area (Å²) in [5, 5.41) is 3.36. The van der Waals surface area contributed by atoms with E-state index in [0.29, 0.717) is 18.4 Å². The van der Waals surface area contributed by atoms with Crippen molar-refractivity contribution in [1.29, 1.82) is 0 Å². The second-order valence-corrected chi connectivity index (χ2v) is 5.46. The lowest BCUT2D eigenvalue weighted by atomic mass is 10.0. The first kappa shape index (κ1) is 13.8. The molecule has 4 heteroatoms. The molecule has 0 spiro atoms. The van der Waals surface area contributed by atoms with Gasteiger partial charge in [-0.25, -0.2) is 0 Å². The lowest BCUT2D eigenvalue weighted by Crippen LogP contribution is -2.46. The number of nitrogens with zero attached hydrogens (tertiary/aromatic N) is 2. The Labute approximate surface area is 111 Å². The summed E-state index contributed by atoms with van der Waals surface area (Å²) in [5.41, 5.74) is 0. The Kier molecular flexibility index (Phi) is 5.45. The van der Waals surface area contributed by atoms with Gasteiger partial charge in [0.2, 0.25) is 5.91 Å². The Balaban J connectivity index is 1.76. The molecule has 18 heavy (non-hydrogen) atoms. The van der Waals surface area contributed by atoms with E-state index in [-0.39, 0.29) is 0 Å². The van der Waals surface area contributed by atoms with E-state index in [1.807, 2.05) is 0 Å². The summed E-state index contributed by atoms with van der Waals surface area (Å²) < 4.78 is 0. The van der Waals surface area contributed by atoms with E-state index < -0.39 is 0 Å². The van der Waals surface area contributed by atoms with Gasteiger partial charge in [0, 0.05) is 25.6 Å². The predicted molar refractivity (Wildman–Crippen MR) is 73.6 cm³/mol. The van der Waals surface area contributed by atoms with E-state index in [1.165, 1.54) is 25.9 Å². The van der Waals surface area contributed by atoms with Gasteiger partial charge in [0.1, 0.15) is 0 Å². The van der Waals surface area contributed by atoms with Gasteiger partial charge in [0.15, 0.2) is 0 Å². The molecule has 0 saturated carbocycles. The molecule has 1 amide bonds. The third kappa shape index (κ3) is 3.69. The Morgan fingerprint density at radius 3 is 2.56 bits per heavy atom. The molecule has 1 N–H and O–H groups in total. The van der Waals surface area contributed by atoms with E-state index in [0.717, 1.165) is 39.0 Å². The molecule has 0 aromatic heterocycles. The second-order valence-electron chi connectivity index (χ2n) is 5.46. The quantitative estimate of drug-likeness (QED) is 0.796. The fraction of sp³-hybridized carbons (Fsp3) is 0.929. The molecular weight excluding hydrogens is 226 g/mol. The highest BCUT2D eigenvalue weighted by Gasteiger charge is 2.24. The molecule has 0 bridgehead atoms. The lowest BCUT2D eigenvalue weighted by molar-refractivity contribution is -0.134. The average molecular weight is 253 g/mol. The highest BCUT2D eigenvalue weighted by molar-refractivity contribution is 5.76. The Morgan fingerprint density at radius 2 is 1.94 bits per heavy atom. The zero-order valence-electron chi connectivity index (χ0n) is 11.7. The molecule has 2 aliphatic heterocycles. The van der Waals surface area contributed by atoms with Gasteiger partial charge in [-0.15, -0.1) is 0 Å². The number of carbonyl (C=O) groups is 1. The Hall–Kier alpha value is -0.610. The maximum Gasteiger partial charge on any atom is 0.224 e. The molecule has 4 nitrogen and oxygen atoms in total. The second kappa shape index (κ2) is 7.10. The fourth-order valence-corrected chi connectivity index (χ4v) is 3.16. The molecule has 0 atom stereocenters. The molecule has 0 radical (unpaired) electrons. The summed E-state index contributed by atoms with van der Waals surface area (Å²) in [4.78, 5) is 16.8. The molecular formula is C14H27N3O. The van der Waals surface area contributed by atoms with E-state index >= 15 is 0 Å². The molecule has 2 fully saturated rings. The standard InChI is InChI=1S/C14H27N3O/c1-2-17(13-5-8-15-9-6-13)14(18)7-12-16-10-3-4-11-16/h13,15H,2-12H2,1H3. The van der Waals surface area contributed by atoms with Crippen LogP contribution < -0.4 is 5.32 Å². The zero-order valence-corrected chi connectivity index (χ0v) is 11.7. The van der Waals surface area contributed by atoms with Crippen LogP contribution in [0, 0.1) is 0 Å². The molecule has 104 valence electrons. The minimum atomic E-state index is 0.358. The van der Waals surface area contributed by atoms with E-state index in [9.17, 15) is 4.79 Å². The van der Waals surface area contributed by atoms with Gasteiger partial charge < -0.3 is 15.1 Å². The molecule has 0 aromatic carbocycles. The van der Waals surface area contributed by atoms with Gasteiger partial charge >= 0.3 is 0 Å². The largest absolute Gasteiger partial charge is 0.340 e. The van der Waals surface area contributed by atoms with Crippen molar-refractivity contribution >= 4 is 5.91 Å². The summed E-state index contributed by atoms with van der Waals surface area (Å²) >= 11 is 0. The van der Waals surface area contributed by atoms with Crippen LogP contribution in [0.25, 0.3) is 0 Å². The van der Waals surface area contributed by atoms with Crippen LogP contribution in [-0.4, -0.2) is 61.0 Å². The summed E-state index contributed by atoms with van der Waals surface area (Å²) in [6, 6.07) is 0.474. The highest BCUT2D eigenvalue weighted by Crippen LogP contribution is 2.14.